The lowest BCUT2D eigenvalue weighted by Gasteiger charge is -2.32. The number of nitrogens with one attached hydrogen (secondary N) is 2. The van der Waals surface area contributed by atoms with Crippen molar-refractivity contribution in [2.45, 2.75) is 18.9 Å². The Morgan fingerprint density at radius 3 is 2.68 bits per heavy atom. The van der Waals surface area contributed by atoms with Gasteiger partial charge in [0.1, 0.15) is 11.9 Å². The van der Waals surface area contributed by atoms with Crippen molar-refractivity contribution in [3.8, 4) is 6.07 Å². The minimum absolute atomic E-state index is 0.00843. The average molecular weight is 335 g/mol. The summed E-state index contributed by atoms with van der Waals surface area (Å²) in [6, 6.07) is 15.4. The van der Waals surface area contributed by atoms with Crippen LogP contribution in [0, 0.1) is 11.3 Å². The first-order valence-electron chi connectivity index (χ1n) is 8.43. The molecular formula is C19H21N5O. The lowest BCUT2D eigenvalue weighted by atomic mass is 10.0. The molecule has 1 aliphatic rings. The minimum atomic E-state index is 0.00843. The first-order valence-corrected chi connectivity index (χ1v) is 8.43. The number of carbonyl (C=O) groups excluding carboxylic acids is 1. The van der Waals surface area contributed by atoms with Crippen molar-refractivity contribution < 1.29 is 4.79 Å². The highest BCUT2D eigenvalue weighted by Gasteiger charge is 2.21. The zero-order chi connectivity index (χ0) is 17.5. The monoisotopic (exact) mass is 335 g/mol. The van der Waals surface area contributed by atoms with E-state index >= 15 is 0 Å². The number of aromatic nitrogens is 1. The van der Waals surface area contributed by atoms with Gasteiger partial charge in [-0.1, -0.05) is 18.2 Å². The van der Waals surface area contributed by atoms with Crippen LogP contribution in [0.1, 0.15) is 18.4 Å². The molecule has 1 saturated heterocycles. The number of nitrogens with zero attached hydrogens (tertiary/aromatic N) is 3. The highest BCUT2D eigenvalue weighted by molar-refractivity contribution is 5.92. The summed E-state index contributed by atoms with van der Waals surface area (Å²) in [5, 5.41) is 15.4. The Labute approximate surface area is 147 Å². The molecule has 0 spiro atoms. The minimum Gasteiger partial charge on any atom is -0.366 e. The average Bonchev–Trinajstić information content (AvgIpc) is 2.64. The highest BCUT2D eigenvalue weighted by Crippen LogP contribution is 2.17. The number of nitriles is 1. The van der Waals surface area contributed by atoms with Gasteiger partial charge in [-0.15, -0.1) is 0 Å². The zero-order valence-electron chi connectivity index (χ0n) is 14.0. The number of hydrogen-bond donors (Lipinski definition) is 2. The fourth-order valence-corrected chi connectivity index (χ4v) is 2.96. The summed E-state index contributed by atoms with van der Waals surface area (Å²) in [5.41, 5.74) is 1.38. The number of pyridine rings is 1. The molecule has 6 heteroatoms. The molecule has 0 saturated carbocycles. The highest BCUT2D eigenvalue weighted by atomic mass is 16.2. The fraction of sp³-hybridized carbons (Fsp3) is 0.316. The molecule has 0 bridgehead atoms. The van der Waals surface area contributed by atoms with Gasteiger partial charge < -0.3 is 10.6 Å². The third-order valence-electron chi connectivity index (χ3n) is 4.28. The molecule has 1 aromatic carbocycles. The summed E-state index contributed by atoms with van der Waals surface area (Å²) in [7, 11) is 0. The smallest absolute Gasteiger partial charge is 0.238 e. The number of para-hydroxylation sites is 1. The molecule has 1 fully saturated rings. The van der Waals surface area contributed by atoms with Crippen LogP contribution in [-0.4, -0.2) is 41.5 Å². The number of amides is 1. The lowest BCUT2D eigenvalue weighted by Crippen LogP contribution is -2.42. The Bertz CT molecular complexity index is 748. The second-order valence-corrected chi connectivity index (χ2v) is 6.12. The fourth-order valence-electron chi connectivity index (χ4n) is 2.96. The van der Waals surface area contributed by atoms with E-state index in [0.717, 1.165) is 31.6 Å². The molecule has 6 nitrogen and oxygen atoms in total. The maximum absolute atomic E-state index is 12.1. The SMILES string of the molecule is N#Cc1cccnc1NC1CCN(CC(=O)Nc2ccccc2)CC1. The second-order valence-electron chi connectivity index (χ2n) is 6.12. The van der Waals surface area contributed by atoms with Crippen molar-refractivity contribution in [1.82, 2.24) is 9.88 Å². The Balaban J connectivity index is 1.46. The first-order chi connectivity index (χ1) is 12.2. The van der Waals surface area contributed by atoms with Gasteiger partial charge in [-0.3, -0.25) is 9.69 Å². The van der Waals surface area contributed by atoms with E-state index in [4.69, 9.17) is 5.26 Å². The van der Waals surface area contributed by atoms with Gasteiger partial charge in [-0.2, -0.15) is 5.26 Å². The van der Waals surface area contributed by atoms with Gasteiger partial charge in [0.2, 0.25) is 5.91 Å². The van der Waals surface area contributed by atoms with Crippen LogP contribution in [0.5, 0.6) is 0 Å². The second kappa shape index (κ2) is 8.27. The Morgan fingerprint density at radius 2 is 1.96 bits per heavy atom. The Kier molecular flexibility index (Phi) is 5.60. The molecule has 3 rings (SSSR count). The van der Waals surface area contributed by atoms with Gasteiger partial charge >= 0.3 is 0 Å². The molecule has 0 unspecified atom stereocenters. The predicted molar refractivity (Wildman–Crippen MR) is 97.1 cm³/mol. The number of piperidine rings is 1. The standard InChI is InChI=1S/C19H21N5O/c20-13-15-5-4-10-21-19(15)23-17-8-11-24(12-9-17)14-18(25)22-16-6-2-1-3-7-16/h1-7,10,17H,8-9,11-12,14H2,(H,21,23)(H,22,25). The van der Waals surface area contributed by atoms with Crippen LogP contribution in [0.4, 0.5) is 11.5 Å². The summed E-state index contributed by atoms with van der Waals surface area (Å²) >= 11 is 0. The van der Waals surface area contributed by atoms with E-state index in [-0.39, 0.29) is 11.9 Å². The summed E-state index contributed by atoms with van der Waals surface area (Å²) in [6.45, 7) is 2.08. The molecule has 0 aliphatic carbocycles. The molecule has 0 radical (unpaired) electrons. The third-order valence-corrected chi connectivity index (χ3v) is 4.28. The summed E-state index contributed by atoms with van der Waals surface area (Å²) < 4.78 is 0. The number of hydrogen-bond acceptors (Lipinski definition) is 5. The van der Waals surface area contributed by atoms with Crippen LogP contribution in [0.25, 0.3) is 0 Å². The molecule has 2 N–H and O–H groups in total. The molecule has 1 aliphatic heterocycles. The zero-order valence-corrected chi connectivity index (χ0v) is 14.0. The molecule has 2 heterocycles. The number of rotatable bonds is 5. The van der Waals surface area contributed by atoms with Gasteiger partial charge in [-0.05, 0) is 37.1 Å². The number of anilines is 2. The Morgan fingerprint density at radius 1 is 1.20 bits per heavy atom. The molecule has 2 aromatic rings. The first kappa shape index (κ1) is 16.9. The van der Waals surface area contributed by atoms with Crippen LogP contribution in [-0.2, 0) is 4.79 Å². The molecule has 128 valence electrons. The summed E-state index contributed by atoms with van der Waals surface area (Å²) in [4.78, 5) is 18.5. The van der Waals surface area contributed by atoms with Gasteiger partial charge in [-0.25, -0.2) is 4.98 Å². The topological polar surface area (TPSA) is 81.1 Å². The van der Waals surface area contributed by atoms with Crippen LogP contribution >= 0.6 is 0 Å². The largest absolute Gasteiger partial charge is 0.366 e. The van der Waals surface area contributed by atoms with E-state index in [1.807, 2.05) is 30.3 Å². The predicted octanol–water partition coefficient (Wildman–Crippen LogP) is 2.47. The third kappa shape index (κ3) is 4.78. The summed E-state index contributed by atoms with van der Waals surface area (Å²) in [5.74, 6) is 0.652. The van der Waals surface area contributed by atoms with E-state index in [1.165, 1.54) is 0 Å². The number of carbonyl (C=O) groups is 1. The Hall–Kier alpha value is -2.91. The van der Waals surface area contributed by atoms with Gasteiger partial charge in [0, 0.05) is 31.0 Å². The van der Waals surface area contributed by atoms with Crippen molar-refractivity contribution in [2.24, 2.45) is 0 Å². The molecule has 0 atom stereocenters. The van der Waals surface area contributed by atoms with Crippen LogP contribution < -0.4 is 10.6 Å². The maximum atomic E-state index is 12.1. The van der Waals surface area contributed by atoms with Crippen LogP contribution in [0.2, 0.25) is 0 Å². The van der Waals surface area contributed by atoms with E-state index in [2.05, 4.69) is 26.6 Å². The van der Waals surface area contributed by atoms with Gasteiger partial charge in [0.05, 0.1) is 12.1 Å². The van der Waals surface area contributed by atoms with Crippen molar-refractivity contribution in [3.05, 3.63) is 54.2 Å². The van der Waals surface area contributed by atoms with Gasteiger partial charge in [0.25, 0.3) is 0 Å². The maximum Gasteiger partial charge on any atom is 0.238 e. The van der Waals surface area contributed by atoms with Crippen molar-refractivity contribution in [1.29, 1.82) is 5.26 Å². The van der Waals surface area contributed by atoms with E-state index in [9.17, 15) is 4.79 Å². The van der Waals surface area contributed by atoms with E-state index in [1.54, 1.807) is 18.3 Å². The number of benzene rings is 1. The lowest BCUT2D eigenvalue weighted by molar-refractivity contribution is -0.117. The van der Waals surface area contributed by atoms with Crippen LogP contribution in [0.3, 0.4) is 0 Å². The molecule has 1 aromatic heterocycles. The van der Waals surface area contributed by atoms with Gasteiger partial charge in [0.15, 0.2) is 0 Å². The normalized spacial score (nSPS) is 15.3. The molecular weight excluding hydrogens is 314 g/mol. The number of likely N-dealkylation sites (tertiary alicyclic amines) is 1. The van der Waals surface area contributed by atoms with Crippen molar-refractivity contribution >= 4 is 17.4 Å². The van der Waals surface area contributed by atoms with E-state index < -0.39 is 0 Å². The van der Waals surface area contributed by atoms with Crippen molar-refractivity contribution in [2.75, 3.05) is 30.3 Å². The summed E-state index contributed by atoms with van der Waals surface area (Å²) in [6.07, 6.45) is 3.52. The van der Waals surface area contributed by atoms with Crippen LogP contribution in [0.15, 0.2) is 48.7 Å². The van der Waals surface area contributed by atoms with E-state index in [0.29, 0.717) is 17.9 Å². The quantitative estimate of drug-likeness (QED) is 0.877. The molecule has 1 amide bonds. The molecule has 25 heavy (non-hydrogen) atoms. The van der Waals surface area contributed by atoms with Crippen molar-refractivity contribution in [3.63, 3.8) is 0 Å².